The number of pyridine rings is 1. The van der Waals surface area contributed by atoms with Crippen molar-refractivity contribution in [2.24, 2.45) is 0 Å². The highest BCUT2D eigenvalue weighted by Crippen LogP contribution is 2.15. The van der Waals surface area contributed by atoms with Gasteiger partial charge in [0.1, 0.15) is 5.82 Å². The van der Waals surface area contributed by atoms with Gasteiger partial charge in [0.2, 0.25) is 0 Å². The lowest BCUT2D eigenvalue weighted by Crippen LogP contribution is -2.48. The zero-order valence-corrected chi connectivity index (χ0v) is 17.9. The van der Waals surface area contributed by atoms with Crippen molar-refractivity contribution in [3.63, 3.8) is 0 Å². The van der Waals surface area contributed by atoms with Crippen LogP contribution in [0.4, 0.5) is 19.7 Å². The third-order valence-electron chi connectivity index (χ3n) is 5.02. The fourth-order valence-corrected chi connectivity index (χ4v) is 3.32. The summed E-state index contributed by atoms with van der Waals surface area (Å²) in [4.78, 5) is 31.9. The van der Waals surface area contributed by atoms with Crippen molar-refractivity contribution in [3.8, 4) is 0 Å². The maximum Gasteiger partial charge on any atom is 0.409 e. The van der Waals surface area contributed by atoms with Crippen LogP contribution < -0.4 is 10.6 Å². The highest BCUT2D eigenvalue weighted by Gasteiger charge is 2.22. The van der Waals surface area contributed by atoms with E-state index in [9.17, 15) is 14.0 Å². The van der Waals surface area contributed by atoms with Crippen LogP contribution in [0.25, 0.3) is 0 Å². The largest absolute Gasteiger partial charge is 0.450 e. The van der Waals surface area contributed by atoms with Gasteiger partial charge in [-0.05, 0) is 43.7 Å². The fourth-order valence-electron chi connectivity index (χ4n) is 3.32. The Balaban J connectivity index is 1.50. The van der Waals surface area contributed by atoms with Gasteiger partial charge in [0, 0.05) is 50.5 Å². The Kier molecular flexibility index (Phi) is 7.77. The summed E-state index contributed by atoms with van der Waals surface area (Å²) in [6.07, 6.45) is 1.29. The van der Waals surface area contributed by atoms with Crippen molar-refractivity contribution in [1.82, 2.24) is 20.1 Å². The Morgan fingerprint density at radius 3 is 2.61 bits per heavy atom. The third-order valence-corrected chi connectivity index (χ3v) is 5.02. The molecule has 1 aliphatic heterocycles. The second kappa shape index (κ2) is 10.7. The number of nitrogens with zero attached hydrogens (tertiary/aromatic N) is 3. The van der Waals surface area contributed by atoms with Crippen LogP contribution in [0.3, 0.4) is 0 Å². The van der Waals surface area contributed by atoms with Gasteiger partial charge in [0.15, 0.2) is 0 Å². The number of nitrogens with one attached hydrogen (secondary N) is 2. The molecule has 0 saturated carbocycles. The maximum atomic E-state index is 14.2. The Labute approximate surface area is 181 Å². The van der Waals surface area contributed by atoms with Crippen LogP contribution in [0.1, 0.15) is 23.7 Å². The molecule has 2 aromatic rings. The normalized spacial score (nSPS) is 14.2. The molecule has 0 atom stereocenters. The number of halogens is 1. The predicted octanol–water partition coefficient (Wildman–Crippen LogP) is 3.12. The molecule has 1 saturated heterocycles. The molecule has 0 unspecified atom stereocenters. The number of hydrogen-bond acceptors (Lipinski definition) is 5. The topological polar surface area (TPSA) is 86.8 Å². The monoisotopic (exact) mass is 429 g/mol. The molecule has 166 valence electrons. The maximum absolute atomic E-state index is 14.2. The smallest absolute Gasteiger partial charge is 0.409 e. The first-order valence-electron chi connectivity index (χ1n) is 10.3. The first kappa shape index (κ1) is 22.5. The SMILES string of the molecule is CCOC(=O)N1CCN(Cc2ccc(F)c(CNC(=O)Nc3ccc(C)nc3)c2)CC1. The number of carbonyl (C=O) groups excluding carboxylic acids is 2. The average Bonchev–Trinajstić information content (AvgIpc) is 2.76. The minimum Gasteiger partial charge on any atom is -0.450 e. The van der Waals surface area contributed by atoms with E-state index in [0.717, 1.165) is 24.3 Å². The molecule has 1 aromatic heterocycles. The Morgan fingerprint density at radius 2 is 1.94 bits per heavy atom. The van der Waals surface area contributed by atoms with E-state index in [-0.39, 0.29) is 18.5 Å². The van der Waals surface area contributed by atoms with Crippen LogP contribution in [0.2, 0.25) is 0 Å². The van der Waals surface area contributed by atoms with Crippen LogP contribution >= 0.6 is 0 Å². The number of anilines is 1. The van der Waals surface area contributed by atoms with Crippen LogP contribution in [0.15, 0.2) is 36.5 Å². The van der Waals surface area contributed by atoms with E-state index in [1.165, 1.54) is 6.07 Å². The highest BCUT2D eigenvalue weighted by molar-refractivity contribution is 5.88. The number of carbonyl (C=O) groups is 2. The molecule has 3 rings (SSSR count). The predicted molar refractivity (Wildman–Crippen MR) is 115 cm³/mol. The summed E-state index contributed by atoms with van der Waals surface area (Å²) in [5.74, 6) is -0.367. The van der Waals surface area contributed by atoms with Gasteiger partial charge in [-0.25, -0.2) is 14.0 Å². The van der Waals surface area contributed by atoms with Crippen LogP contribution in [0, 0.1) is 12.7 Å². The number of benzene rings is 1. The van der Waals surface area contributed by atoms with Crippen molar-refractivity contribution < 1.29 is 18.7 Å². The average molecular weight is 429 g/mol. The number of urea groups is 1. The molecule has 2 heterocycles. The van der Waals surface area contributed by atoms with E-state index >= 15 is 0 Å². The summed E-state index contributed by atoms with van der Waals surface area (Å²) < 4.78 is 19.3. The quantitative estimate of drug-likeness (QED) is 0.737. The molecular formula is C22H28FN5O3. The third kappa shape index (κ3) is 6.65. The first-order chi connectivity index (χ1) is 14.9. The van der Waals surface area contributed by atoms with Gasteiger partial charge in [-0.2, -0.15) is 0 Å². The van der Waals surface area contributed by atoms with Gasteiger partial charge < -0.3 is 20.3 Å². The lowest BCUT2D eigenvalue weighted by Gasteiger charge is -2.34. The molecule has 2 N–H and O–H groups in total. The lowest BCUT2D eigenvalue weighted by molar-refractivity contribution is 0.0778. The summed E-state index contributed by atoms with van der Waals surface area (Å²) in [5, 5.41) is 5.35. The minimum atomic E-state index is -0.425. The van der Waals surface area contributed by atoms with Crippen LogP contribution in [-0.4, -0.2) is 59.7 Å². The summed E-state index contributed by atoms with van der Waals surface area (Å²) in [7, 11) is 0. The molecule has 0 bridgehead atoms. The number of aryl methyl sites for hydroxylation is 1. The van der Waals surface area contributed by atoms with Gasteiger partial charge >= 0.3 is 12.1 Å². The van der Waals surface area contributed by atoms with E-state index in [4.69, 9.17) is 4.74 Å². The van der Waals surface area contributed by atoms with Crippen molar-refractivity contribution in [2.75, 3.05) is 38.1 Å². The summed E-state index contributed by atoms with van der Waals surface area (Å²) >= 11 is 0. The van der Waals surface area contributed by atoms with Crippen LogP contribution in [-0.2, 0) is 17.8 Å². The highest BCUT2D eigenvalue weighted by atomic mass is 19.1. The second-order valence-corrected chi connectivity index (χ2v) is 7.38. The van der Waals surface area contributed by atoms with Crippen molar-refractivity contribution >= 4 is 17.8 Å². The van der Waals surface area contributed by atoms with Crippen molar-refractivity contribution in [3.05, 3.63) is 59.2 Å². The zero-order chi connectivity index (χ0) is 22.2. The molecule has 9 heteroatoms. The number of aromatic nitrogens is 1. The number of piperazine rings is 1. The molecule has 0 aliphatic carbocycles. The fraction of sp³-hybridized carbons (Fsp3) is 0.409. The molecule has 1 fully saturated rings. The molecule has 1 aromatic carbocycles. The van der Waals surface area contributed by atoms with Gasteiger partial charge in [0.25, 0.3) is 0 Å². The summed E-state index contributed by atoms with van der Waals surface area (Å²) in [6.45, 7) is 7.37. The van der Waals surface area contributed by atoms with Gasteiger partial charge in [-0.3, -0.25) is 9.88 Å². The Morgan fingerprint density at radius 1 is 1.16 bits per heavy atom. The first-order valence-corrected chi connectivity index (χ1v) is 10.3. The van der Waals surface area contributed by atoms with Crippen molar-refractivity contribution in [2.45, 2.75) is 26.9 Å². The van der Waals surface area contributed by atoms with E-state index < -0.39 is 6.03 Å². The van der Waals surface area contributed by atoms with E-state index in [1.54, 1.807) is 42.3 Å². The van der Waals surface area contributed by atoms with Crippen LogP contribution in [0.5, 0.6) is 0 Å². The summed E-state index contributed by atoms with van der Waals surface area (Å²) in [5.41, 5.74) is 2.79. The van der Waals surface area contributed by atoms with E-state index in [0.29, 0.717) is 37.5 Å². The molecule has 8 nitrogen and oxygen atoms in total. The second-order valence-electron chi connectivity index (χ2n) is 7.38. The van der Waals surface area contributed by atoms with Gasteiger partial charge in [0.05, 0.1) is 18.5 Å². The molecular weight excluding hydrogens is 401 g/mol. The molecule has 0 radical (unpaired) electrons. The van der Waals surface area contributed by atoms with E-state index in [2.05, 4.69) is 20.5 Å². The number of amides is 3. The zero-order valence-electron chi connectivity index (χ0n) is 17.9. The van der Waals surface area contributed by atoms with Gasteiger partial charge in [-0.1, -0.05) is 6.07 Å². The minimum absolute atomic E-state index is 0.0709. The Hall–Kier alpha value is -3.20. The molecule has 1 aliphatic rings. The summed E-state index contributed by atoms with van der Waals surface area (Å²) in [6, 6.07) is 8.06. The molecule has 3 amide bonds. The number of rotatable bonds is 6. The Bertz CT molecular complexity index is 899. The molecule has 0 spiro atoms. The van der Waals surface area contributed by atoms with E-state index in [1.807, 2.05) is 6.92 Å². The standard InChI is InChI=1S/C22H28FN5O3/c1-3-31-22(30)28-10-8-27(9-11-28)15-17-5-7-20(23)18(12-17)13-25-21(29)26-19-6-4-16(2)24-14-19/h4-7,12,14H,3,8-11,13,15H2,1-2H3,(H2,25,26,29). The number of ether oxygens (including phenoxy) is 1. The molecule has 31 heavy (non-hydrogen) atoms. The van der Waals surface area contributed by atoms with Gasteiger partial charge in [-0.15, -0.1) is 0 Å². The lowest BCUT2D eigenvalue weighted by atomic mass is 10.1. The van der Waals surface area contributed by atoms with Crippen molar-refractivity contribution in [1.29, 1.82) is 0 Å². The number of hydrogen-bond donors (Lipinski definition) is 2.